The molecule has 4 nitrogen and oxygen atoms in total. The quantitative estimate of drug-likeness (QED) is 0.558. The van der Waals surface area contributed by atoms with Crippen LogP contribution >= 0.6 is 12.4 Å². The Morgan fingerprint density at radius 3 is 2.37 bits per heavy atom. The van der Waals surface area contributed by atoms with Crippen LogP contribution in [0, 0.1) is 0 Å². The van der Waals surface area contributed by atoms with E-state index in [9.17, 15) is 4.79 Å². The topological polar surface area (TPSA) is 32.8 Å². The Balaban J connectivity index is 0.00000256. The van der Waals surface area contributed by atoms with E-state index in [-0.39, 0.29) is 24.4 Å². The van der Waals surface area contributed by atoms with Crippen LogP contribution in [-0.4, -0.2) is 48.5 Å². The van der Waals surface area contributed by atoms with Crippen LogP contribution in [0.4, 0.5) is 0 Å². The zero-order valence-corrected chi connectivity index (χ0v) is 18.5. The van der Waals surface area contributed by atoms with Gasteiger partial charge in [-0.3, -0.25) is 4.79 Å². The summed E-state index contributed by atoms with van der Waals surface area (Å²) < 4.78 is 5.90. The SMILES string of the molecule is Cl.O=C(c1ccc(OCCCN2CCCCC2)cc1)N1CCC[C@H]1c1ccccc1. The molecule has 2 aromatic rings. The summed E-state index contributed by atoms with van der Waals surface area (Å²) in [7, 11) is 0. The minimum absolute atomic E-state index is 0. The van der Waals surface area contributed by atoms with Crippen LogP contribution in [0.2, 0.25) is 0 Å². The van der Waals surface area contributed by atoms with E-state index in [0.29, 0.717) is 0 Å². The molecule has 0 bridgehead atoms. The van der Waals surface area contributed by atoms with E-state index in [1.54, 1.807) is 0 Å². The molecule has 2 aliphatic rings. The van der Waals surface area contributed by atoms with Gasteiger partial charge in [0.1, 0.15) is 5.75 Å². The Bertz CT molecular complexity index is 775. The van der Waals surface area contributed by atoms with Crippen molar-refractivity contribution >= 4 is 18.3 Å². The highest BCUT2D eigenvalue weighted by molar-refractivity contribution is 5.94. The zero-order chi connectivity index (χ0) is 19.9. The highest BCUT2D eigenvalue weighted by Crippen LogP contribution is 2.33. The minimum atomic E-state index is 0. The Hall–Kier alpha value is -2.04. The molecule has 0 aromatic heterocycles. The zero-order valence-electron chi connectivity index (χ0n) is 17.7. The third-order valence-corrected chi connectivity index (χ3v) is 6.14. The van der Waals surface area contributed by atoms with Crippen molar-refractivity contribution in [2.24, 2.45) is 0 Å². The normalized spacial score (nSPS) is 19.3. The van der Waals surface area contributed by atoms with E-state index in [1.807, 2.05) is 47.4 Å². The van der Waals surface area contributed by atoms with E-state index in [2.05, 4.69) is 17.0 Å². The van der Waals surface area contributed by atoms with Crippen molar-refractivity contribution in [3.63, 3.8) is 0 Å². The lowest BCUT2D eigenvalue weighted by atomic mass is 10.0. The van der Waals surface area contributed by atoms with E-state index >= 15 is 0 Å². The van der Waals surface area contributed by atoms with E-state index in [0.717, 1.165) is 50.3 Å². The summed E-state index contributed by atoms with van der Waals surface area (Å²) in [6, 6.07) is 18.2. The third kappa shape index (κ3) is 5.77. The summed E-state index contributed by atoms with van der Waals surface area (Å²) >= 11 is 0. The van der Waals surface area contributed by atoms with Gasteiger partial charge in [0.05, 0.1) is 12.6 Å². The first-order valence-electron chi connectivity index (χ1n) is 11.1. The fourth-order valence-corrected chi connectivity index (χ4v) is 4.55. The monoisotopic (exact) mass is 428 g/mol. The number of rotatable bonds is 7. The summed E-state index contributed by atoms with van der Waals surface area (Å²) in [5.41, 5.74) is 1.97. The molecule has 2 aromatic carbocycles. The number of ether oxygens (including phenoxy) is 1. The van der Waals surface area contributed by atoms with E-state index in [1.165, 1.54) is 37.9 Å². The lowest BCUT2D eigenvalue weighted by molar-refractivity contribution is 0.0735. The highest BCUT2D eigenvalue weighted by Gasteiger charge is 2.30. The fraction of sp³-hybridized carbons (Fsp3) is 0.480. The van der Waals surface area contributed by atoms with Crippen LogP contribution in [0.25, 0.3) is 0 Å². The first kappa shape index (κ1) is 22.6. The summed E-state index contributed by atoms with van der Waals surface area (Å²) in [5, 5.41) is 0. The van der Waals surface area contributed by atoms with Crippen LogP contribution in [-0.2, 0) is 0 Å². The van der Waals surface area contributed by atoms with Gasteiger partial charge >= 0.3 is 0 Å². The van der Waals surface area contributed by atoms with E-state index in [4.69, 9.17) is 4.74 Å². The van der Waals surface area contributed by atoms with Crippen molar-refractivity contribution in [2.75, 3.05) is 32.8 Å². The molecule has 2 saturated heterocycles. The van der Waals surface area contributed by atoms with Gasteiger partial charge in [0, 0.05) is 18.7 Å². The van der Waals surface area contributed by atoms with Crippen LogP contribution in [0.5, 0.6) is 5.75 Å². The molecule has 1 atom stereocenters. The number of nitrogens with zero attached hydrogens (tertiary/aromatic N) is 2. The molecule has 5 heteroatoms. The van der Waals surface area contributed by atoms with Crippen LogP contribution in [0.15, 0.2) is 54.6 Å². The van der Waals surface area contributed by atoms with Crippen molar-refractivity contribution < 1.29 is 9.53 Å². The Labute approximate surface area is 186 Å². The molecule has 0 saturated carbocycles. The molecule has 4 rings (SSSR count). The maximum Gasteiger partial charge on any atom is 0.254 e. The molecule has 2 fully saturated rings. The van der Waals surface area contributed by atoms with Crippen molar-refractivity contribution in [1.82, 2.24) is 9.80 Å². The number of likely N-dealkylation sites (tertiary alicyclic amines) is 2. The third-order valence-electron chi connectivity index (χ3n) is 6.14. The van der Waals surface area contributed by atoms with Gasteiger partial charge in [-0.25, -0.2) is 0 Å². The number of hydrogen-bond donors (Lipinski definition) is 0. The van der Waals surface area contributed by atoms with Gasteiger partial charge in [-0.2, -0.15) is 0 Å². The first-order chi connectivity index (χ1) is 14.3. The standard InChI is InChI=1S/C25H32N2O2.ClH/c28-25(27-19-7-11-24(27)21-9-3-1-4-10-21)22-12-14-23(15-13-22)29-20-8-18-26-16-5-2-6-17-26;/h1,3-4,9-10,12-15,24H,2,5-8,11,16-20H2;1H/t24-;/m0./s1. The number of halogens is 1. The van der Waals surface area contributed by atoms with Gasteiger partial charge in [-0.15, -0.1) is 12.4 Å². The van der Waals surface area contributed by atoms with Crippen LogP contribution < -0.4 is 4.74 Å². The Morgan fingerprint density at radius 2 is 1.63 bits per heavy atom. The maximum absolute atomic E-state index is 13.1. The van der Waals surface area contributed by atoms with Crippen molar-refractivity contribution in [3.8, 4) is 5.75 Å². The van der Waals surface area contributed by atoms with E-state index < -0.39 is 0 Å². The highest BCUT2D eigenvalue weighted by atomic mass is 35.5. The van der Waals surface area contributed by atoms with Gasteiger partial charge in [0.25, 0.3) is 5.91 Å². The number of piperidine rings is 1. The maximum atomic E-state index is 13.1. The van der Waals surface area contributed by atoms with Crippen LogP contribution in [0.1, 0.15) is 60.5 Å². The average molecular weight is 429 g/mol. The van der Waals surface area contributed by atoms with Crippen molar-refractivity contribution in [1.29, 1.82) is 0 Å². The van der Waals surface area contributed by atoms with Gasteiger partial charge in [-0.1, -0.05) is 36.8 Å². The average Bonchev–Trinajstić information content (AvgIpc) is 3.28. The second kappa shape index (κ2) is 11.4. The van der Waals surface area contributed by atoms with Crippen LogP contribution in [0.3, 0.4) is 0 Å². The van der Waals surface area contributed by atoms with Gasteiger partial charge in [-0.05, 0) is 75.0 Å². The lowest BCUT2D eigenvalue weighted by Crippen LogP contribution is -2.31. The second-order valence-corrected chi connectivity index (χ2v) is 8.20. The first-order valence-corrected chi connectivity index (χ1v) is 11.1. The second-order valence-electron chi connectivity index (χ2n) is 8.20. The minimum Gasteiger partial charge on any atom is -0.494 e. The molecule has 0 radical (unpaired) electrons. The number of benzene rings is 2. The summed E-state index contributed by atoms with van der Waals surface area (Å²) in [5.74, 6) is 0.967. The smallest absolute Gasteiger partial charge is 0.254 e. The molecular formula is C25H33ClN2O2. The fourth-order valence-electron chi connectivity index (χ4n) is 4.55. The predicted molar refractivity (Wildman–Crippen MR) is 124 cm³/mol. The van der Waals surface area contributed by atoms with Crippen molar-refractivity contribution in [2.45, 2.75) is 44.6 Å². The lowest BCUT2D eigenvalue weighted by Gasteiger charge is -2.26. The number of amides is 1. The molecule has 0 spiro atoms. The predicted octanol–water partition coefficient (Wildman–Crippen LogP) is 5.34. The summed E-state index contributed by atoms with van der Waals surface area (Å²) in [4.78, 5) is 17.6. The Morgan fingerprint density at radius 1 is 0.900 bits per heavy atom. The molecule has 162 valence electrons. The summed E-state index contributed by atoms with van der Waals surface area (Å²) in [6.07, 6.45) is 7.18. The van der Waals surface area contributed by atoms with Gasteiger partial charge in [0.2, 0.25) is 0 Å². The van der Waals surface area contributed by atoms with Gasteiger partial charge in [0.15, 0.2) is 0 Å². The number of hydrogen-bond acceptors (Lipinski definition) is 3. The molecule has 0 unspecified atom stereocenters. The van der Waals surface area contributed by atoms with Gasteiger partial charge < -0.3 is 14.5 Å². The largest absolute Gasteiger partial charge is 0.494 e. The molecule has 1 amide bonds. The van der Waals surface area contributed by atoms with Crippen molar-refractivity contribution in [3.05, 3.63) is 65.7 Å². The molecular weight excluding hydrogens is 396 g/mol. The molecule has 0 aliphatic carbocycles. The Kier molecular flexibility index (Phi) is 8.59. The number of carbonyl (C=O) groups excluding carboxylic acids is 1. The molecule has 30 heavy (non-hydrogen) atoms. The molecule has 2 heterocycles. The summed E-state index contributed by atoms with van der Waals surface area (Å²) in [6.45, 7) is 5.14. The molecule has 2 aliphatic heterocycles. The number of carbonyl (C=O) groups is 1. The molecule has 0 N–H and O–H groups in total.